The predicted molar refractivity (Wildman–Crippen MR) is 124 cm³/mol. The molecule has 4 nitrogen and oxygen atoms in total. The van der Waals surface area contributed by atoms with Gasteiger partial charge in [-0.05, 0) is 37.1 Å². The molecule has 0 spiro atoms. The third-order valence-corrected chi connectivity index (χ3v) is 5.86. The molecule has 0 atom stereocenters. The summed E-state index contributed by atoms with van der Waals surface area (Å²) in [7, 11) is 0. The maximum absolute atomic E-state index is 10.6. The number of aromatic amines is 1. The zero-order chi connectivity index (χ0) is 20.6. The molecular weight excluding hydrogens is 496 g/mol. The molecule has 0 radical (unpaired) electrons. The Morgan fingerprint density at radius 2 is 1.38 bits per heavy atom. The number of aryl methyl sites for hydroxylation is 1. The van der Waals surface area contributed by atoms with E-state index in [0.29, 0.717) is 0 Å². The number of H-pyrrole nitrogens is 1. The Morgan fingerprint density at radius 1 is 0.828 bits per heavy atom. The number of nitrogens with one attached hydrogen (secondary N) is 1. The summed E-state index contributed by atoms with van der Waals surface area (Å²) in [4.78, 5) is 19.0. The highest BCUT2D eigenvalue weighted by Gasteiger charge is 2.14. The largest absolute Gasteiger partial charge is 0.481 e. The van der Waals surface area contributed by atoms with Crippen molar-refractivity contribution in [2.24, 2.45) is 0 Å². The molecule has 0 bridgehead atoms. The van der Waals surface area contributed by atoms with E-state index in [-0.39, 0.29) is 6.42 Å². The van der Waals surface area contributed by atoms with Crippen LogP contribution in [0.5, 0.6) is 0 Å². The van der Waals surface area contributed by atoms with Crippen molar-refractivity contribution in [3.8, 4) is 22.5 Å². The summed E-state index contributed by atoms with van der Waals surface area (Å²) < 4.78 is 2.10. The molecule has 1 aromatic heterocycles. The van der Waals surface area contributed by atoms with Crippen molar-refractivity contribution in [3.63, 3.8) is 0 Å². The van der Waals surface area contributed by atoms with E-state index in [9.17, 15) is 4.79 Å². The molecule has 0 saturated heterocycles. The van der Waals surface area contributed by atoms with Gasteiger partial charge in [-0.25, -0.2) is 4.98 Å². The number of halogens is 2. The van der Waals surface area contributed by atoms with Crippen molar-refractivity contribution in [2.75, 3.05) is 0 Å². The summed E-state index contributed by atoms with van der Waals surface area (Å²) in [5.74, 6) is 0.285. The van der Waals surface area contributed by atoms with Crippen LogP contribution in [0.3, 0.4) is 0 Å². The standard InChI is InChI=1S/C23H24Br2N2O2/c24-18-12-8-16(9-13-18)22-23(17-10-14-19(25)15-11-17)27-20(26-22)6-4-2-1-3-5-7-21(28)29/h8-15H,1-7H2,(H,26,27)(H,28,29). The van der Waals surface area contributed by atoms with Gasteiger partial charge in [-0.1, -0.05) is 75.4 Å². The summed E-state index contributed by atoms with van der Waals surface area (Å²) in [6.45, 7) is 0. The lowest BCUT2D eigenvalue weighted by atomic mass is 10.1. The maximum Gasteiger partial charge on any atom is 0.303 e. The molecule has 6 heteroatoms. The van der Waals surface area contributed by atoms with Gasteiger partial charge in [0.05, 0.1) is 11.4 Å². The lowest BCUT2D eigenvalue weighted by Crippen LogP contribution is -1.94. The number of hydrogen-bond acceptors (Lipinski definition) is 2. The maximum atomic E-state index is 10.6. The summed E-state index contributed by atoms with van der Waals surface area (Å²) in [5.41, 5.74) is 4.20. The molecule has 0 aliphatic heterocycles. The van der Waals surface area contributed by atoms with Crippen molar-refractivity contribution in [3.05, 3.63) is 63.3 Å². The van der Waals surface area contributed by atoms with E-state index >= 15 is 0 Å². The molecule has 0 unspecified atom stereocenters. The SMILES string of the molecule is O=C(O)CCCCCCCc1nc(-c2ccc(Br)cc2)c(-c2ccc(Br)cc2)[nH]1. The van der Waals surface area contributed by atoms with Crippen molar-refractivity contribution < 1.29 is 9.90 Å². The van der Waals surface area contributed by atoms with Gasteiger partial charge in [-0.15, -0.1) is 0 Å². The number of carboxylic acid groups (broad SMARTS) is 1. The zero-order valence-corrected chi connectivity index (χ0v) is 19.3. The smallest absolute Gasteiger partial charge is 0.303 e. The minimum absolute atomic E-state index is 0.269. The number of nitrogens with zero attached hydrogens (tertiary/aromatic N) is 1. The van der Waals surface area contributed by atoms with Crippen molar-refractivity contribution >= 4 is 37.8 Å². The first-order chi connectivity index (χ1) is 14.0. The van der Waals surface area contributed by atoms with Crippen molar-refractivity contribution in [1.29, 1.82) is 0 Å². The van der Waals surface area contributed by atoms with Crippen LogP contribution in [-0.4, -0.2) is 21.0 Å². The molecule has 0 amide bonds. The van der Waals surface area contributed by atoms with Crippen LogP contribution >= 0.6 is 31.9 Å². The molecule has 0 aliphatic rings. The Labute approximate surface area is 188 Å². The number of aliphatic carboxylic acids is 1. The van der Waals surface area contributed by atoms with Crippen LogP contribution in [0.15, 0.2) is 57.5 Å². The first-order valence-electron chi connectivity index (χ1n) is 9.85. The highest BCUT2D eigenvalue weighted by atomic mass is 79.9. The normalized spacial score (nSPS) is 11.0. The van der Waals surface area contributed by atoms with E-state index in [1.54, 1.807) is 0 Å². The Hall–Kier alpha value is -1.92. The molecule has 2 N–H and O–H groups in total. The van der Waals surface area contributed by atoms with Gasteiger partial charge in [0.15, 0.2) is 0 Å². The molecule has 1 heterocycles. The molecule has 3 aromatic rings. The Morgan fingerprint density at radius 3 is 2.00 bits per heavy atom. The van der Waals surface area contributed by atoms with E-state index in [4.69, 9.17) is 10.1 Å². The Kier molecular flexibility index (Phi) is 8.07. The second-order valence-corrected chi connectivity index (χ2v) is 8.91. The van der Waals surface area contributed by atoms with Gasteiger partial charge >= 0.3 is 5.97 Å². The van der Waals surface area contributed by atoms with Crippen LogP contribution < -0.4 is 0 Å². The summed E-state index contributed by atoms with van der Waals surface area (Å²) in [5, 5.41) is 8.69. The van der Waals surface area contributed by atoms with Crippen LogP contribution in [0.1, 0.15) is 44.3 Å². The molecule has 2 aromatic carbocycles. The van der Waals surface area contributed by atoms with E-state index in [2.05, 4.69) is 61.1 Å². The molecule has 0 saturated carbocycles. The number of unbranched alkanes of at least 4 members (excludes halogenated alkanes) is 4. The van der Waals surface area contributed by atoms with Gasteiger partial charge in [0.2, 0.25) is 0 Å². The second-order valence-electron chi connectivity index (χ2n) is 7.08. The van der Waals surface area contributed by atoms with Crippen molar-refractivity contribution in [2.45, 2.75) is 44.9 Å². The Balaban J connectivity index is 1.70. The van der Waals surface area contributed by atoms with Gasteiger partial charge in [0, 0.05) is 32.9 Å². The van der Waals surface area contributed by atoms with E-state index in [0.717, 1.165) is 75.8 Å². The van der Waals surface area contributed by atoms with Gasteiger partial charge in [0.25, 0.3) is 0 Å². The van der Waals surface area contributed by atoms with E-state index in [1.807, 2.05) is 24.3 Å². The molecule has 29 heavy (non-hydrogen) atoms. The number of aromatic nitrogens is 2. The third-order valence-electron chi connectivity index (χ3n) is 4.81. The molecule has 0 fully saturated rings. The fraction of sp³-hybridized carbons (Fsp3) is 0.304. The van der Waals surface area contributed by atoms with Crippen molar-refractivity contribution in [1.82, 2.24) is 9.97 Å². The zero-order valence-electron chi connectivity index (χ0n) is 16.1. The average molecular weight is 520 g/mol. The lowest BCUT2D eigenvalue weighted by molar-refractivity contribution is -0.137. The van der Waals surface area contributed by atoms with Crippen LogP contribution in [0.25, 0.3) is 22.5 Å². The Bertz CT molecular complexity index is 872. The summed E-state index contributed by atoms with van der Waals surface area (Å²) >= 11 is 7.00. The van der Waals surface area contributed by atoms with Gasteiger partial charge in [-0.3, -0.25) is 4.79 Å². The summed E-state index contributed by atoms with van der Waals surface area (Å²) in [6.07, 6.45) is 6.08. The van der Waals surface area contributed by atoms with Gasteiger partial charge in [-0.2, -0.15) is 0 Å². The first kappa shape index (κ1) is 21.8. The monoisotopic (exact) mass is 518 g/mol. The quantitative estimate of drug-likeness (QED) is 0.277. The van der Waals surface area contributed by atoms with Crippen LogP contribution in [-0.2, 0) is 11.2 Å². The average Bonchev–Trinajstić information content (AvgIpc) is 3.12. The number of benzene rings is 2. The van der Waals surface area contributed by atoms with Crippen LogP contribution in [0.4, 0.5) is 0 Å². The number of imidazole rings is 1. The second kappa shape index (κ2) is 10.7. The topological polar surface area (TPSA) is 66.0 Å². The fourth-order valence-electron chi connectivity index (χ4n) is 3.28. The van der Waals surface area contributed by atoms with E-state index < -0.39 is 5.97 Å². The first-order valence-corrected chi connectivity index (χ1v) is 11.4. The molecule has 0 aliphatic carbocycles. The number of rotatable bonds is 10. The third kappa shape index (κ3) is 6.54. The minimum atomic E-state index is -0.707. The van der Waals surface area contributed by atoms with E-state index in [1.165, 1.54) is 0 Å². The number of carbonyl (C=O) groups is 1. The molecule has 152 valence electrons. The lowest BCUT2D eigenvalue weighted by Gasteiger charge is -2.04. The van der Waals surface area contributed by atoms with Gasteiger partial charge < -0.3 is 10.1 Å². The highest BCUT2D eigenvalue weighted by Crippen LogP contribution is 2.32. The summed E-state index contributed by atoms with van der Waals surface area (Å²) in [6, 6.07) is 16.5. The predicted octanol–water partition coefficient (Wildman–Crippen LogP) is 7.24. The molecule has 3 rings (SSSR count). The highest BCUT2D eigenvalue weighted by molar-refractivity contribution is 9.10. The minimum Gasteiger partial charge on any atom is -0.481 e. The van der Waals surface area contributed by atoms with Crippen LogP contribution in [0.2, 0.25) is 0 Å². The van der Waals surface area contributed by atoms with Crippen LogP contribution in [0, 0.1) is 0 Å². The number of carboxylic acids is 1. The molecular formula is C23H24Br2N2O2. The van der Waals surface area contributed by atoms with Gasteiger partial charge in [0.1, 0.15) is 5.82 Å². The fourth-order valence-corrected chi connectivity index (χ4v) is 3.81. The number of hydrogen-bond donors (Lipinski definition) is 2.